The molecule has 4 amide bonds. The first-order chi connectivity index (χ1) is 35.4. The Kier molecular flexibility index (Phi) is 27.2. The lowest BCUT2D eigenvalue weighted by Gasteiger charge is -2.28. The molecular weight excluding hydrogens is 1020 g/mol. The molecule has 26 heteroatoms. The van der Waals surface area contributed by atoms with Crippen LogP contribution in [0.5, 0.6) is 5.75 Å². The number of carbonyl (C=O) groups excluding carboxylic acids is 6. The molecule has 1 aromatic carbocycles. The number of amides is 4. The lowest BCUT2D eigenvalue weighted by molar-refractivity contribution is -0.139. The third-order valence-electron chi connectivity index (χ3n) is 12.1. The van der Waals surface area contributed by atoms with Crippen molar-refractivity contribution in [1.29, 1.82) is 0 Å². The Morgan fingerprint density at radius 2 is 1.47 bits per heavy atom. The second-order valence-electron chi connectivity index (χ2n) is 18.7. The second-order valence-corrected chi connectivity index (χ2v) is 21.8. The Hall–Kier alpha value is -5.64. The number of carboxylic acid groups (broad SMARTS) is 1. The van der Waals surface area contributed by atoms with Gasteiger partial charge in [0.15, 0.2) is 0 Å². The van der Waals surface area contributed by atoms with Crippen LogP contribution < -0.4 is 36.0 Å². The molecule has 0 spiro atoms. The molecule has 2 atom stereocenters. The van der Waals surface area contributed by atoms with E-state index in [4.69, 9.17) is 4.74 Å². The van der Waals surface area contributed by atoms with E-state index in [0.29, 0.717) is 64.2 Å². The highest BCUT2D eigenvalue weighted by molar-refractivity contribution is 7.89. The van der Waals surface area contributed by atoms with Gasteiger partial charge in [0, 0.05) is 77.3 Å². The average Bonchev–Trinajstić information content (AvgIpc) is 3.33. The van der Waals surface area contributed by atoms with E-state index in [9.17, 15) is 60.1 Å². The number of carbonyl (C=O) groups is 7. The van der Waals surface area contributed by atoms with Gasteiger partial charge in [-0.05, 0) is 108 Å². The van der Waals surface area contributed by atoms with Crippen LogP contribution in [0.2, 0.25) is 0 Å². The molecule has 0 aliphatic carbocycles. The topological polar surface area (TPSA) is 332 Å². The molecule has 2 heterocycles. The maximum Gasteiger partial charge on any atom is 0.323 e. The number of likely N-dealkylation sites (N-methyl/N-ethyl adjacent to an activating group) is 2. The summed E-state index contributed by atoms with van der Waals surface area (Å²) in [6.07, 6.45) is 4.64. The van der Waals surface area contributed by atoms with Gasteiger partial charge < -0.3 is 36.4 Å². The van der Waals surface area contributed by atoms with E-state index in [1.54, 1.807) is 23.8 Å². The molecule has 0 saturated carbocycles. The molecule has 3 rings (SSSR count). The number of anilines is 1. The molecule has 0 bridgehead atoms. The van der Waals surface area contributed by atoms with Crippen molar-refractivity contribution >= 4 is 67.1 Å². The van der Waals surface area contributed by atoms with E-state index >= 15 is 0 Å². The molecule has 420 valence electrons. The number of ether oxygens (including phenoxy) is 1. The van der Waals surface area contributed by atoms with Gasteiger partial charge in [0.1, 0.15) is 41.0 Å². The number of nitrogens with zero attached hydrogens (tertiary/aromatic N) is 4. The first-order valence-electron chi connectivity index (χ1n) is 25.3. The van der Waals surface area contributed by atoms with Crippen LogP contribution in [-0.4, -0.2) is 197 Å². The number of rotatable bonds is 37. The van der Waals surface area contributed by atoms with E-state index in [0.717, 1.165) is 30.9 Å². The van der Waals surface area contributed by atoms with Crippen molar-refractivity contribution in [2.75, 3.05) is 103 Å². The third kappa shape index (κ3) is 24.7. The minimum Gasteiger partial charge on any atom is -0.494 e. The predicted molar refractivity (Wildman–Crippen MR) is 280 cm³/mol. The number of aromatic nitrogens is 1. The molecule has 75 heavy (non-hydrogen) atoms. The number of hydrogen-bond donors (Lipinski definition) is 8. The van der Waals surface area contributed by atoms with Crippen LogP contribution in [0.1, 0.15) is 88.1 Å². The van der Waals surface area contributed by atoms with E-state index in [1.807, 2.05) is 17.9 Å². The number of ketones is 2. The van der Waals surface area contributed by atoms with Gasteiger partial charge in [-0.25, -0.2) is 13.4 Å². The van der Waals surface area contributed by atoms with Crippen molar-refractivity contribution in [3.8, 4) is 5.75 Å². The number of hydrogen-bond acceptors (Lipinski definition) is 17. The van der Waals surface area contributed by atoms with Crippen molar-refractivity contribution in [2.45, 2.75) is 109 Å². The van der Waals surface area contributed by atoms with Gasteiger partial charge in [0.05, 0.1) is 31.1 Å². The highest BCUT2D eigenvalue weighted by atomic mass is 32.2. The number of benzene rings is 1. The number of nitrogens with one attached hydrogen (secondary N) is 6. The van der Waals surface area contributed by atoms with Crippen LogP contribution in [0.4, 0.5) is 5.82 Å². The van der Waals surface area contributed by atoms with E-state index in [2.05, 4.69) is 42.4 Å². The Bertz CT molecular complexity index is 2470. The molecule has 2 aromatic rings. The predicted octanol–water partition coefficient (Wildman–Crippen LogP) is 0.205. The molecule has 0 radical (unpaired) electrons. The zero-order valence-corrected chi connectivity index (χ0v) is 45.8. The standard InChI is InChI=1S/C49H78N10O14S2/c1-7-39(61)31-57(6)22-23-59(25-24-58(8-2)30-36(5)60)32-45(64)55-42(33-74(68,69)70)48(65)52-21-20-50-43(62)16-12-26-73-40-27-34(3)46(35(4)28-40)75(71,72)56-41(49(66)67)29-53-44(63)15-10-9-14-38-18-17-37-13-11-19-51-47(37)54-38/h17-18,27-28,41-42,56H,7-16,19-26,29-33H2,1-6H3,(H,50,62)(H,51,54)(H,52,65)(H,53,63)(H,55,64)(H,66,67)(H,68,69,70)/t41-,42+/m1/s1. The molecule has 0 fully saturated rings. The normalized spacial score (nSPS) is 13.4. The largest absolute Gasteiger partial charge is 0.494 e. The summed E-state index contributed by atoms with van der Waals surface area (Å²) < 4.78 is 68.2. The quantitative estimate of drug-likeness (QED) is 0.0331. The summed E-state index contributed by atoms with van der Waals surface area (Å²) in [7, 11) is -7.36. The summed E-state index contributed by atoms with van der Waals surface area (Å²) in [5.74, 6) is -3.85. The van der Waals surface area contributed by atoms with Crippen LogP contribution in [-0.2, 0) is 66.5 Å². The molecule has 0 unspecified atom stereocenters. The number of aryl methyl sites for hydroxylation is 4. The van der Waals surface area contributed by atoms with Crippen LogP contribution in [0.3, 0.4) is 0 Å². The second kappa shape index (κ2) is 32.1. The van der Waals surface area contributed by atoms with Crippen LogP contribution in [0.15, 0.2) is 29.2 Å². The van der Waals surface area contributed by atoms with Gasteiger partial charge in [-0.3, -0.25) is 52.8 Å². The van der Waals surface area contributed by atoms with Gasteiger partial charge in [-0.2, -0.15) is 13.1 Å². The molecule has 0 saturated heterocycles. The SMILES string of the molecule is CCC(=O)CN(C)CCN(CCN(CC)CC(C)=O)CC(=O)N[C@@H](CS(=O)(=O)O)C(=O)NCCNC(=O)CCCOc1cc(C)c(S(=O)(=O)N[C@H](CNC(=O)CCCCc2ccc3c(n2)NCCC3)C(=O)O)c(C)c1. The van der Waals surface area contributed by atoms with Crippen molar-refractivity contribution < 1.29 is 64.8 Å². The number of unbranched alkanes of at least 4 members (excludes halogenated alkanes) is 1. The maximum absolute atomic E-state index is 13.5. The Morgan fingerprint density at radius 1 is 0.813 bits per heavy atom. The Morgan fingerprint density at radius 3 is 2.12 bits per heavy atom. The van der Waals surface area contributed by atoms with E-state index in [1.165, 1.54) is 38.5 Å². The van der Waals surface area contributed by atoms with Crippen molar-refractivity contribution in [2.24, 2.45) is 0 Å². The smallest absolute Gasteiger partial charge is 0.323 e. The first kappa shape index (κ1) is 63.7. The number of pyridine rings is 1. The zero-order chi connectivity index (χ0) is 55.7. The van der Waals surface area contributed by atoms with Crippen LogP contribution in [0, 0.1) is 13.8 Å². The van der Waals surface area contributed by atoms with Crippen molar-refractivity contribution in [1.82, 2.24) is 45.7 Å². The molecule has 1 aromatic heterocycles. The van der Waals surface area contributed by atoms with Crippen LogP contribution >= 0.6 is 0 Å². The van der Waals surface area contributed by atoms with Crippen LogP contribution in [0.25, 0.3) is 0 Å². The van der Waals surface area contributed by atoms with Crippen molar-refractivity contribution in [3.63, 3.8) is 0 Å². The highest BCUT2D eigenvalue weighted by Crippen LogP contribution is 2.26. The summed E-state index contributed by atoms with van der Waals surface area (Å²) in [5.41, 5.74) is 2.62. The number of fused-ring (bicyclic) bond motifs is 1. The van der Waals surface area contributed by atoms with Gasteiger partial charge in [-0.15, -0.1) is 0 Å². The van der Waals surface area contributed by atoms with Gasteiger partial charge in [0.2, 0.25) is 33.7 Å². The summed E-state index contributed by atoms with van der Waals surface area (Å²) >= 11 is 0. The fraction of sp³-hybridized carbons (Fsp3) is 0.633. The molecule has 1 aliphatic rings. The first-order valence-corrected chi connectivity index (χ1v) is 28.4. The van der Waals surface area contributed by atoms with E-state index in [-0.39, 0.29) is 86.2 Å². The summed E-state index contributed by atoms with van der Waals surface area (Å²) in [6, 6.07) is 3.64. The van der Waals surface area contributed by atoms with Gasteiger partial charge >= 0.3 is 5.97 Å². The lowest BCUT2D eigenvalue weighted by atomic mass is 10.1. The zero-order valence-electron chi connectivity index (χ0n) is 44.1. The van der Waals surface area contributed by atoms with Crippen molar-refractivity contribution in [3.05, 3.63) is 46.6 Å². The van der Waals surface area contributed by atoms with Gasteiger partial charge in [-0.1, -0.05) is 19.9 Å². The lowest BCUT2D eigenvalue weighted by Crippen LogP contribution is -2.54. The average molecular weight is 1100 g/mol. The summed E-state index contributed by atoms with van der Waals surface area (Å²) in [5, 5.41) is 23.1. The summed E-state index contributed by atoms with van der Waals surface area (Å²) in [6.45, 7) is 10.6. The number of Topliss-reactive ketones (excluding diaryl/α,β-unsaturated/α-hetero) is 2. The molecule has 8 N–H and O–H groups in total. The summed E-state index contributed by atoms with van der Waals surface area (Å²) in [4.78, 5) is 97.2. The fourth-order valence-electron chi connectivity index (χ4n) is 8.13. The van der Waals surface area contributed by atoms with E-state index < -0.39 is 74.1 Å². The number of carboxylic acids is 1. The maximum atomic E-state index is 13.5. The van der Waals surface area contributed by atoms with Gasteiger partial charge in [0.25, 0.3) is 10.1 Å². The fourth-order valence-corrected chi connectivity index (χ4v) is 10.4. The Labute approximate surface area is 441 Å². The Balaban J connectivity index is 1.44. The minimum absolute atomic E-state index is 0.00659. The third-order valence-corrected chi connectivity index (χ3v) is 14.6. The molecular formula is C49H78N10O14S2. The molecule has 24 nitrogen and oxygen atoms in total. The monoisotopic (exact) mass is 1090 g/mol. The number of sulfonamides is 1. The minimum atomic E-state index is -4.74. The molecule has 1 aliphatic heterocycles. The highest BCUT2D eigenvalue weighted by Gasteiger charge is 2.30. The number of aliphatic carboxylic acids is 1.